The van der Waals surface area contributed by atoms with Gasteiger partial charge in [0.2, 0.25) is 0 Å². The van der Waals surface area contributed by atoms with Gasteiger partial charge in [-0.05, 0) is 87.7 Å². The Balaban J connectivity index is 1.09. The summed E-state index contributed by atoms with van der Waals surface area (Å²) in [5.41, 5.74) is 6.91. The molecule has 2 aliphatic rings. The molecule has 0 bridgehead atoms. The smallest absolute Gasteiger partial charge is 0.260 e. The zero-order valence-corrected chi connectivity index (χ0v) is 27.1. The lowest BCUT2D eigenvalue weighted by Gasteiger charge is -2.32. The summed E-state index contributed by atoms with van der Waals surface area (Å²) < 4.78 is 15.5. The minimum absolute atomic E-state index is 0.0619. The maximum Gasteiger partial charge on any atom is 0.260 e. The van der Waals surface area contributed by atoms with E-state index in [-0.39, 0.29) is 6.71 Å². The SMILES string of the molecule is c1ccc(N(c2ccc3c(ccc4c5cc6c(cc5sc34)B3c4ccccc4Oc4cccc(c43)O6)c2)c2cccc3ccccc23)cc1. The maximum absolute atomic E-state index is 6.63. The maximum atomic E-state index is 6.63. The first kappa shape index (κ1) is 27.0. The summed E-state index contributed by atoms with van der Waals surface area (Å²) in [5, 5.41) is 7.41. The number of hydrogen-bond donors (Lipinski definition) is 0. The third kappa shape index (κ3) is 3.97. The number of fused-ring (bicyclic) bond motifs is 10. The minimum atomic E-state index is 0.0619. The van der Waals surface area contributed by atoms with E-state index < -0.39 is 0 Å². The molecule has 2 aliphatic heterocycles. The lowest BCUT2D eigenvalue weighted by Crippen LogP contribution is -2.57. The zero-order chi connectivity index (χ0) is 32.1. The fourth-order valence-corrected chi connectivity index (χ4v) is 9.23. The summed E-state index contributed by atoms with van der Waals surface area (Å²) in [6.07, 6.45) is 0. The lowest BCUT2D eigenvalue weighted by atomic mass is 9.35. The molecule has 3 nitrogen and oxygen atoms in total. The number of para-hydroxylation sites is 2. The summed E-state index contributed by atoms with van der Waals surface area (Å²) in [5.74, 6) is 3.58. The van der Waals surface area contributed by atoms with Crippen molar-refractivity contribution >= 4 is 93.2 Å². The normalized spacial score (nSPS) is 12.8. The molecule has 0 amide bonds. The first-order valence-corrected chi connectivity index (χ1v) is 17.4. The van der Waals surface area contributed by atoms with Crippen molar-refractivity contribution in [1.82, 2.24) is 0 Å². The van der Waals surface area contributed by atoms with Gasteiger partial charge in [-0.3, -0.25) is 0 Å². The number of benzene rings is 8. The number of hydrogen-bond acceptors (Lipinski definition) is 4. The molecule has 9 aromatic rings. The number of thiophene rings is 1. The highest BCUT2D eigenvalue weighted by molar-refractivity contribution is 7.26. The standard InChI is InChI=1S/C44H26BNO2S/c1-2-12-29(13-3-1)46(37-16-8-11-27-10-4-5-14-31(27)37)30-21-23-32-28(24-30)20-22-33-34-25-41-36(26-42(34)49-44(32)33)45-35-15-6-7-17-38(35)47-39-18-9-19-40(48-41)43(39)45/h1-26H. The molecule has 0 saturated carbocycles. The van der Waals surface area contributed by atoms with Gasteiger partial charge in [0.15, 0.2) is 0 Å². The van der Waals surface area contributed by atoms with Crippen molar-refractivity contribution in [2.24, 2.45) is 0 Å². The van der Waals surface area contributed by atoms with Gasteiger partial charge in [-0.15, -0.1) is 11.3 Å². The molecule has 0 unspecified atom stereocenters. The Morgan fingerprint density at radius 3 is 2.10 bits per heavy atom. The summed E-state index contributed by atoms with van der Waals surface area (Å²) in [6.45, 7) is 0.0619. The predicted molar refractivity (Wildman–Crippen MR) is 207 cm³/mol. The number of ether oxygens (including phenoxy) is 2. The number of rotatable bonds is 3. The Labute approximate surface area is 287 Å². The molecule has 0 aliphatic carbocycles. The second kappa shape index (κ2) is 10.2. The highest BCUT2D eigenvalue weighted by atomic mass is 32.1. The van der Waals surface area contributed by atoms with Crippen LogP contribution < -0.4 is 30.8 Å². The van der Waals surface area contributed by atoms with Crippen molar-refractivity contribution in [1.29, 1.82) is 0 Å². The van der Waals surface area contributed by atoms with E-state index in [9.17, 15) is 0 Å². The molecular weight excluding hydrogens is 617 g/mol. The third-order valence-corrected chi connectivity index (χ3v) is 11.3. The Bertz CT molecular complexity index is 2800. The van der Waals surface area contributed by atoms with Crippen LogP contribution in [0, 0.1) is 0 Å². The van der Waals surface area contributed by atoms with Gasteiger partial charge < -0.3 is 14.4 Å². The molecule has 11 rings (SSSR count). The first-order chi connectivity index (χ1) is 24.3. The fourth-order valence-electron chi connectivity index (χ4n) is 7.97. The molecule has 8 aromatic carbocycles. The molecule has 1 aromatic heterocycles. The molecule has 0 atom stereocenters. The van der Waals surface area contributed by atoms with Crippen molar-refractivity contribution in [3.05, 3.63) is 158 Å². The molecule has 0 radical (unpaired) electrons. The van der Waals surface area contributed by atoms with E-state index in [0.29, 0.717) is 0 Å². The van der Waals surface area contributed by atoms with E-state index in [1.807, 2.05) is 29.5 Å². The summed E-state index contributed by atoms with van der Waals surface area (Å²) >= 11 is 1.87. The Morgan fingerprint density at radius 1 is 0.449 bits per heavy atom. The number of nitrogens with zero attached hydrogens (tertiary/aromatic N) is 1. The average molecular weight is 644 g/mol. The third-order valence-electron chi connectivity index (χ3n) is 10.1. The summed E-state index contributed by atoms with van der Waals surface area (Å²) in [7, 11) is 0. The highest BCUT2D eigenvalue weighted by Gasteiger charge is 2.40. The average Bonchev–Trinajstić information content (AvgIpc) is 3.52. The Hall–Kier alpha value is -6.04. The van der Waals surface area contributed by atoms with Crippen LogP contribution in [0.25, 0.3) is 41.7 Å². The van der Waals surface area contributed by atoms with Crippen molar-refractivity contribution in [2.45, 2.75) is 0 Å². The second-order valence-corrected chi connectivity index (χ2v) is 13.9. The van der Waals surface area contributed by atoms with Gasteiger partial charge in [0, 0.05) is 42.4 Å². The molecule has 0 spiro atoms. The van der Waals surface area contributed by atoms with Crippen LogP contribution in [0.15, 0.2) is 158 Å². The largest absolute Gasteiger partial charge is 0.458 e. The van der Waals surface area contributed by atoms with Gasteiger partial charge in [-0.1, -0.05) is 97.1 Å². The van der Waals surface area contributed by atoms with Gasteiger partial charge in [-0.2, -0.15) is 0 Å². The van der Waals surface area contributed by atoms with E-state index in [2.05, 4.69) is 144 Å². The van der Waals surface area contributed by atoms with Crippen LogP contribution in [-0.2, 0) is 0 Å². The van der Waals surface area contributed by atoms with Gasteiger partial charge in [0.05, 0.1) is 5.69 Å². The van der Waals surface area contributed by atoms with Crippen LogP contribution in [0.5, 0.6) is 23.0 Å². The monoisotopic (exact) mass is 643 g/mol. The molecular formula is C44H26BNO2S. The quantitative estimate of drug-likeness (QED) is 0.179. The van der Waals surface area contributed by atoms with Gasteiger partial charge in [0.25, 0.3) is 6.71 Å². The van der Waals surface area contributed by atoms with Gasteiger partial charge in [0.1, 0.15) is 23.0 Å². The van der Waals surface area contributed by atoms with Gasteiger partial charge in [-0.25, -0.2) is 0 Å². The topological polar surface area (TPSA) is 21.7 Å². The fraction of sp³-hybridized carbons (Fsp3) is 0. The van der Waals surface area contributed by atoms with Crippen LogP contribution in [0.3, 0.4) is 0 Å². The minimum Gasteiger partial charge on any atom is -0.458 e. The van der Waals surface area contributed by atoms with E-state index in [0.717, 1.165) is 45.5 Å². The number of anilines is 3. The second-order valence-electron chi connectivity index (χ2n) is 12.8. The molecule has 0 fully saturated rings. The molecule has 0 N–H and O–H groups in total. The van der Waals surface area contributed by atoms with Crippen molar-refractivity contribution in [2.75, 3.05) is 4.90 Å². The predicted octanol–water partition coefficient (Wildman–Crippen LogP) is 10.6. The van der Waals surface area contributed by atoms with Crippen LogP contribution in [0.1, 0.15) is 0 Å². The van der Waals surface area contributed by atoms with Crippen LogP contribution in [-0.4, -0.2) is 6.71 Å². The molecule has 0 saturated heterocycles. The molecule has 3 heterocycles. The summed E-state index contributed by atoms with van der Waals surface area (Å²) in [6, 6.07) is 56.4. The Morgan fingerprint density at radius 2 is 1.18 bits per heavy atom. The van der Waals surface area contributed by atoms with Crippen LogP contribution in [0.2, 0.25) is 0 Å². The van der Waals surface area contributed by atoms with E-state index >= 15 is 0 Å². The molecule has 5 heteroatoms. The first-order valence-electron chi connectivity index (χ1n) is 16.6. The molecule has 228 valence electrons. The Kier molecular flexibility index (Phi) is 5.63. The van der Waals surface area contributed by atoms with Crippen molar-refractivity contribution in [3.8, 4) is 23.0 Å². The van der Waals surface area contributed by atoms with Crippen LogP contribution in [0.4, 0.5) is 17.1 Å². The van der Waals surface area contributed by atoms with Crippen molar-refractivity contribution in [3.63, 3.8) is 0 Å². The summed E-state index contributed by atoms with van der Waals surface area (Å²) in [4.78, 5) is 2.37. The molecule has 49 heavy (non-hydrogen) atoms. The van der Waals surface area contributed by atoms with Crippen LogP contribution >= 0.6 is 11.3 Å². The van der Waals surface area contributed by atoms with E-state index in [4.69, 9.17) is 9.47 Å². The van der Waals surface area contributed by atoms with Crippen molar-refractivity contribution < 1.29 is 9.47 Å². The highest BCUT2D eigenvalue weighted by Crippen LogP contribution is 2.44. The zero-order valence-electron chi connectivity index (χ0n) is 26.3. The van der Waals surface area contributed by atoms with Gasteiger partial charge >= 0.3 is 0 Å². The van der Waals surface area contributed by atoms with E-state index in [1.54, 1.807) is 0 Å². The lowest BCUT2D eigenvalue weighted by molar-refractivity contribution is 0.465. The van der Waals surface area contributed by atoms with E-state index in [1.165, 1.54) is 52.6 Å².